The highest BCUT2D eigenvalue weighted by Crippen LogP contribution is 2.40. The van der Waals surface area contributed by atoms with Gasteiger partial charge in [0.1, 0.15) is 17.3 Å². The molecule has 1 heterocycles. The van der Waals surface area contributed by atoms with E-state index in [-0.39, 0.29) is 0 Å². The van der Waals surface area contributed by atoms with E-state index in [1.54, 1.807) is 0 Å². The summed E-state index contributed by atoms with van der Waals surface area (Å²) < 4.78 is 2.18. The number of hydrogen-bond donors (Lipinski definition) is 1. The van der Waals surface area contributed by atoms with Crippen LogP contribution in [0.5, 0.6) is 0 Å². The number of rotatable bonds is 2. The van der Waals surface area contributed by atoms with Crippen molar-refractivity contribution in [1.82, 2.24) is 9.55 Å². The van der Waals surface area contributed by atoms with E-state index in [0.29, 0.717) is 6.04 Å². The van der Waals surface area contributed by atoms with E-state index in [4.69, 9.17) is 5.73 Å². The molecular formula is C14H17N3. The number of hydrogen-bond acceptors (Lipinski definition) is 2. The van der Waals surface area contributed by atoms with E-state index in [2.05, 4.69) is 40.7 Å². The number of aromatic nitrogens is 2. The third-order valence-electron chi connectivity index (χ3n) is 3.36. The summed E-state index contributed by atoms with van der Waals surface area (Å²) >= 11 is 0. The molecule has 0 bridgehead atoms. The molecule has 1 fully saturated rings. The van der Waals surface area contributed by atoms with Crippen LogP contribution in [-0.2, 0) is 0 Å². The second-order valence-corrected chi connectivity index (χ2v) is 4.86. The van der Waals surface area contributed by atoms with Gasteiger partial charge in [0.2, 0.25) is 0 Å². The number of nitrogen functional groups attached to an aromatic ring is 1. The summed E-state index contributed by atoms with van der Waals surface area (Å²) in [6.07, 6.45) is 2.46. The van der Waals surface area contributed by atoms with E-state index in [0.717, 1.165) is 22.9 Å². The maximum absolute atomic E-state index is 6.22. The number of nitrogens with two attached hydrogens (primary N) is 1. The van der Waals surface area contributed by atoms with Crippen LogP contribution in [0.2, 0.25) is 0 Å². The summed E-state index contributed by atoms with van der Waals surface area (Å²) in [6.45, 7) is 4.12. The zero-order valence-corrected chi connectivity index (χ0v) is 10.3. The van der Waals surface area contributed by atoms with Crippen LogP contribution in [0.15, 0.2) is 24.3 Å². The average Bonchev–Trinajstić information content (AvgIpc) is 3.08. The van der Waals surface area contributed by atoms with Crippen molar-refractivity contribution in [2.45, 2.75) is 32.7 Å². The normalized spacial score (nSPS) is 15.2. The Morgan fingerprint density at radius 1 is 1.18 bits per heavy atom. The quantitative estimate of drug-likeness (QED) is 0.856. The van der Waals surface area contributed by atoms with Crippen molar-refractivity contribution in [2.24, 2.45) is 0 Å². The maximum Gasteiger partial charge on any atom is 0.131 e. The van der Waals surface area contributed by atoms with Crippen LogP contribution in [0.4, 0.5) is 5.82 Å². The van der Waals surface area contributed by atoms with Crippen LogP contribution in [-0.4, -0.2) is 9.55 Å². The lowest BCUT2D eigenvalue weighted by atomic mass is 10.1. The molecule has 2 N–H and O–H groups in total. The molecule has 88 valence electrons. The summed E-state index contributed by atoms with van der Waals surface area (Å²) in [7, 11) is 0. The molecule has 17 heavy (non-hydrogen) atoms. The Morgan fingerprint density at radius 3 is 2.41 bits per heavy atom. The standard InChI is InChI=1S/C14H17N3/c1-9-3-5-11(6-4-9)13-14(15)17(10(2)16-13)12-7-8-12/h3-6,12H,7-8,15H2,1-2H3. The molecule has 3 rings (SSSR count). The number of imidazole rings is 1. The van der Waals surface area contributed by atoms with Crippen molar-refractivity contribution >= 4 is 5.82 Å². The van der Waals surface area contributed by atoms with Crippen molar-refractivity contribution < 1.29 is 0 Å². The molecule has 0 saturated heterocycles. The Morgan fingerprint density at radius 2 is 1.82 bits per heavy atom. The van der Waals surface area contributed by atoms with Crippen molar-refractivity contribution in [3.8, 4) is 11.3 Å². The van der Waals surface area contributed by atoms with Gasteiger partial charge in [-0.15, -0.1) is 0 Å². The van der Waals surface area contributed by atoms with Crippen LogP contribution in [0, 0.1) is 13.8 Å². The average molecular weight is 227 g/mol. The van der Waals surface area contributed by atoms with Gasteiger partial charge in [-0.05, 0) is 26.7 Å². The molecular weight excluding hydrogens is 210 g/mol. The highest BCUT2D eigenvalue weighted by atomic mass is 15.2. The monoisotopic (exact) mass is 227 g/mol. The Hall–Kier alpha value is -1.77. The molecule has 0 amide bonds. The molecule has 0 aliphatic heterocycles. The summed E-state index contributed by atoms with van der Waals surface area (Å²) in [5.41, 5.74) is 9.50. The van der Waals surface area contributed by atoms with Gasteiger partial charge in [0.15, 0.2) is 0 Å². The van der Waals surface area contributed by atoms with Crippen LogP contribution >= 0.6 is 0 Å². The Labute approximate surface area is 101 Å². The van der Waals surface area contributed by atoms with E-state index < -0.39 is 0 Å². The first kappa shape index (κ1) is 10.4. The summed E-state index contributed by atoms with van der Waals surface area (Å²) in [5.74, 6) is 1.84. The minimum Gasteiger partial charge on any atom is -0.383 e. The van der Waals surface area contributed by atoms with Crippen LogP contribution in [0.3, 0.4) is 0 Å². The molecule has 0 atom stereocenters. The summed E-state index contributed by atoms with van der Waals surface area (Å²) in [5, 5.41) is 0. The second-order valence-electron chi connectivity index (χ2n) is 4.86. The van der Waals surface area contributed by atoms with Crippen LogP contribution in [0.1, 0.15) is 30.3 Å². The SMILES string of the molecule is Cc1ccc(-c2nc(C)n(C3CC3)c2N)cc1. The fourth-order valence-electron chi connectivity index (χ4n) is 2.28. The van der Waals surface area contributed by atoms with Crippen molar-refractivity contribution in [2.75, 3.05) is 5.73 Å². The van der Waals surface area contributed by atoms with Gasteiger partial charge in [0.25, 0.3) is 0 Å². The van der Waals surface area contributed by atoms with Gasteiger partial charge >= 0.3 is 0 Å². The second kappa shape index (κ2) is 3.62. The summed E-state index contributed by atoms with van der Waals surface area (Å²) in [4.78, 5) is 4.61. The van der Waals surface area contributed by atoms with Crippen molar-refractivity contribution in [3.05, 3.63) is 35.7 Å². The fraction of sp³-hybridized carbons (Fsp3) is 0.357. The Kier molecular flexibility index (Phi) is 2.21. The smallest absolute Gasteiger partial charge is 0.131 e. The van der Waals surface area contributed by atoms with Crippen LogP contribution in [0.25, 0.3) is 11.3 Å². The number of nitrogens with zero attached hydrogens (tertiary/aromatic N) is 2. The number of benzene rings is 1. The van der Waals surface area contributed by atoms with Gasteiger partial charge in [0.05, 0.1) is 0 Å². The maximum atomic E-state index is 6.22. The molecule has 1 aromatic heterocycles. The minimum absolute atomic E-state index is 0.585. The van der Waals surface area contributed by atoms with Gasteiger partial charge in [-0.1, -0.05) is 29.8 Å². The zero-order chi connectivity index (χ0) is 12.0. The van der Waals surface area contributed by atoms with Crippen molar-refractivity contribution in [1.29, 1.82) is 0 Å². The van der Waals surface area contributed by atoms with E-state index >= 15 is 0 Å². The number of anilines is 1. The predicted molar refractivity (Wildman–Crippen MR) is 69.8 cm³/mol. The van der Waals surface area contributed by atoms with Gasteiger partial charge in [0, 0.05) is 11.6 Å². The minimum atomic E-state index is 0.585. The largest absolute Gasteiger partial charge is 0.383 e. The Balaban J connectivity index is 2.08. The molecule has 3 heteroatoms. The molecule has 2 aromatic rings. The highest BCUT2D eigenvalue weighted by Gasteiger charge is 2.28. The molecule has 1 aromatic carbocycles. The first-order valence-corrected chi connectivity index (χ1v) is 6.08. The molecule has 1 aliphatic rings. The molecule has 0 spiro atoms. The van der Waals surface area contributed by atoms with E-state index in [9.17, 15) is 0 Å². The van der Waals surface area contributed by atoms with Gasteiger partial charge in [-0.2, -0.15) is 0 Å². The van der Waals surface area contributed by atoms with Gasteiger partial charge < -0.3 is 10.3 Å². The van der Waals surface area contributed by atoms with Gasteiger partial charge in [-0.3, -0.25) is 0 Å². The summed E-state index contributed by atoms with van der Waals surface area (Å²) in [6, 6.07) is 8.96. The lowest BCUT2D eigenvalue weighted by molar-refractivity contribution is 0.720. The molecule has 0 radical (unpaired) electrons. The van der Waals surface area contributed by atoms with E-state index in [1.807, 2.05) is 6.92 Å². The van der Waals surface area contributed by atoms with Gasteiger partial charge in [-0.25, -0.2) is 4.98 Å². The third-order valence-corrected chi connectivity index (χ3v) is 3.36. The first-order chi connectivity index (χ1) is 8.16. The van der Waals surface area contributed by atoms with Crippen LogP contribution < -0.4 is 5.73 Å². The highest BCUT2D eigenvalue weighted by molar-refractivity contribution is 5.71. The lowest BCUT2D eigenvalue weighted by Crippen LogP contribution is -2.02. The first-order valence-electron chi connectivity index (χ1n) is 6.08. The number of aryl methyl sites for hydroxylation is 2. The zero-order valence-electron chi connectivity index (χ0n) is 10.3. The van der Waals surface area contributed by atoms with E-state index in [1.165, 1.54) is 18.4 Å². The van der Waals surface area contributed by atoms with Crippen molar-refractivity contribution in [3.63, 3.8) is 0 Å². The Bertz CT molecular complexity index is 548. The lowest BCUT2D eigenvalue weighted by Gasteiger charge is -2.05. The topological polar surface area (TPSA) is 43.8 Å². The molecule has 0 unspecified atom stereocenters. The molecule has 3 nitrogen and oxygen atoms in total. The molecule has 1 aliphatic carbocycles. The predicted octanol–water partition coefficient (Wildman–Crippen LogP) is 3.08. The fourth-order valence-corrected chi connectivity index (χ4v) is 2.28. The molecule has 1 saturated carbocycles. The third kappa shape index (κ3) is 1.71.